The van der Waals surface area contributed by atoms with E-state index in [1.165, 1.54) is 0 Å². The molecule has 0 saturated heterocycles. The number of rotatable bonds is 5. The average molecular weight is 251 g/mol. The van der Waals surface area contributed by atoms with Gasteiger partial charge in [-0.05, 0) is 25.5 Å². The number of anilines is 1. The van der Waals surface area contributed by atoms with Crippen LogP contribution < -0.4 is 4.90 Å². The Morgan fingerprint density at radius 1 is 1.35 bits per heavy atom. The lowest BCUT2D eigenvalue weighted by Crippen LogP contribution is -2.15. The maximum Gasteiger partial charge on any atom is 0.208 e. The molecule has 5 heteroatoms. The lowest BCUT2D eigenvalue weighted by molar-refractivity contribution is 0.481. The summed E-state index contributed by atoms with van der Waals surface area (Å²) in [7, 11) is 2.01. The minimum absolute atomic E-state index is 0.731. The van der Waals surface area contributed by atoms with Crippen molar-refractivity contribution in [1.82, 2.24) is 10.2 Å². The highest BCUT2D eigenvalue weighted by atomic mass is 32.1. The average Bonchev–Trinajstić information content (AvgIpc) is 2.88. The van der Waals surface area contributed by atoms with Crippen LogP contribution in [0.1, 0.15) is 29.9 Å². The summed E-state index contributed by atoms with van der Waals surface area (Å²) in [5.74, 6) is 1.90. The highest BCUT2D eigenvalue weighted by Crippen LogP contribution is 2.22. The van der Waals surface area contributed by atoms with Crippen LogP contribution in [0.2, 0.25) is 0 Å². The highest BCUT2D eigenvalue weighted by molar-refractivity contribution is 7.15. The molecule has 2 heterocycles. The van der Waals surface area contributed by atoms with Crippen molar-refractivity contribution < 1.29 is 4.42 Å². The molecule has 0 aliphatic rings. The monoisotopic (exact) mass is 251 g/mol. The molecule has 2 aromatic heterocycles. The molecule has 17 heavy (non-hydrogen) atoms. The maximum absolute atomic E-state index is 5.54. The second-order valence-electron chi connectivity index (χ2n) is 4.10. The van der Waals surface area contributed by atoms with Gasteiger partial charge >= 0.3 is 0 Å². The molecule has 0 radical (unpaired) electrons. The van der Waals surface area contributed by atoms with Gasteiger partial charge in [0.25, 0.3) is 0 Å². The van der Waals surface area contributed by atoms with E-state index in [1.807, 2.05) is 26.1 Å². The van der Waals surface area contributed by atoms with Gasteiger partial charge in [-0.2, -0.15) is 0 Å². The fourth-order valence-electron chi connectivity index (χ4n) is 1.59. The van der Waals surface area contributed by atoms with Gasteiger partial charge in [-0.15, -0.1) is 10.2 Å². The van der Waals surface area contributed by atoms with E-state index in [0.717, 1.165) is 41.0 Å². The molecule has 0 aliphatic heterocycles. The van der Waals surface area contributed by atoms with Crippen LogP contribution in [-0.2, 0) is 13.0 Å². The molecule has 0 atom stereocenters. The lowest BCUT2D eigenvalue weighted by Gasteiger charge is -2.12. The summed E-state index contributed by atoms with van der Waals surface area (Å²) in [5, 5.41) is 10.4. The van der Waals surface area contributed by atoms with Crippen molar-refractivity contribution in [3.63, 3.8) is 0 Å². The molecule has 0 fully saturated rings. The van der Waals surface area contributed by atoms with Crippen molar-refractivity contribution in [3.8, 4) is 0 Å². The summed E-state index contributed by atoms with van der Waals surface area (Å²) >= 11 is 1.65. The predicted molar refractivity (Wildman–Crippen MR) is 69.5 cm³/mol. The van der Waals surface area contributed by atoms with Crippen molar-refractivity contribution >= 4 is 16.5 Å². The standard InChI is InChI=1S/C12H17N3OS/c1-4-5-11-13-14-12(17-11)15(3)8-10-7-6-9(2)16-10/h6-7H,4-5,8H2,1-3H3. The summed E-state index contributed by atoms with van der Waals surface area (Å²) in [5.41, 5.74) is 0. The summed E-state index contributed by atoms with van der Waals surface area (Å²) in [6, 6.07) is 3.98. The van der Waals surface area contributed by atoms with E-state index in [4.69, 9.17) is 4.42 Å². The molecule has 0 bridgehead atoms. The first-order chi connectivity index (χ1) is 8.19. The van der Waals surface area contributed by atoms with Gasteiger partial charge in [0.2, 0.25) is 5.13 Å². The summed E-state index contributed by atoms with van der Waals surface area (Å²) in [6.07, 6.45) is 2.11. The number of nitrogens with zero attached hydrogens (tertiary/aromatic N) is 3. The van der Waals surface area contributed by atoms with Crippen molar-refractivity contribution in [1.29, 1.82) is 0 Å². The van der Waals surface area contributed by atoms with E-state index in [2.05, 4.69) is 22.0 Å². The Balaban J connectivity index is 2.01. The third kappa shape index (κ3) is 3.06. The summed E-state index contributed by atoms with van der Waals surface area (Å²) in [6.45, 7) is 4.83. The molecule has 0 spiro atoms. The zero-order chi connectivity index (χ0) is 12.3. The van der Waals surface area contributed by atoms with Gasteiger partial charge in [-0.25, -0.2) is 0 Å². The molecular weight excluding hydrogens is 234 g/mol. The highest BCUT2D eigenvalue weighted by Gasteiger charge is 2.10. The van der Waals surface area contributed by atoms with Gasteiger partial charge in [0, 0.05) is 13.5 Å². The second kappa shape index (κ2) is 5.31. The SMILES string of the molecule is CCCc1nnc(N(C)Cc2ccc(C)o2)s1. The van der Waals surface area contributed by atoms with Crippen LogP contribution in [0.25, 0.3) is 0 Å². The van der Waals surface area contributed by atoms with Crippen molar-refractivity contribution in [3.05, 3.63) is 28.7 Å². The van der Waals surface area contributed by atoms with Crippen LogP contribution in [0.15, 0.2) is 16.5 Å². The second-order valence-corrected chi connectivity index (χ2v) is 5.14. The van der Waals surface area contributed by atoms with E-state index in [1.54, 1.807) is 11.3 Å². The van der Waals surface area contributed by atoms with E-state index >= 15 is 0 Å². The molecule has 2 rings (SSSR count). The van der Waals surface area contributed by atoms with Gasteiger partial charge in [-0.1, -0.05) is 18.3 Å². The quantitative estimate of drug-likeness (QED) is 0.819. The summed E-state index contributed by atoms with van der Waals surface area (Å²) in [4.78, 5) is 2.06. The Labute approximate surface area is 105 Å². The third-order valence-corrected chi connectivity index (χ3v) is 3.53. The first kappa shape index (κ1) is 12.1. The Bertz CT molecular complexity index is 478. The van der Waals surface area contributed by atoms with Crippen LogP contribution >= 0.6 is 11.3 Å². The number of aromatic nitrogens is 2. The smallest absolute Gasteiger partial charge is 0.208 e. The van der Waals surface area contributed by atoms with Crippen molar-refractivity contribution in [2.24, 2.45) is 0 Å². The first-order valence-electron chi connectivity index (χ1n) is 5.78. The topological polar surface area (TPSA) is 42.2 Å². The van der Waals surface area contributed by atoms with Crippen LogP contribution in [0, 0.1) is 6.92 Å². The van der Waals surface area contributed by atoms with Gasteiger partial charge in [0.15, 0.2) is 0 Å². The van der Waals surface area contributed by atoms with E-state index in [-0.39, 0.29) is 0 Å². The predicted octanol–water partition coefficient (Wildman–Crippen LogP) is 3.03. The maximum atomic E-state index is 5.54. The fourth-order valence-corrected chi connectivity index (χ4v) is 2.49. The minimum Gasteiger partial charge on any atom is -0.464 e. The Hall–Kier alpha value is -1.36. The molecular formula is C12H17N3OS. The van der Waals surface area contributed by atoms with E-state index in [9.17, 15) is 0 Å². The zero-order valence-electron chi connectivity index (χ0n) is 10.4. The van der Waals surface area contributed by atoms with Crippen LogP contribution in [0.5, 0.6) is 0 Å². The molecule has 2 aromatic rings. The molecule has 0 N–H and O–H groups in total. The Morgan fingerprint density at radius 2 is 2.18 bits per heavy atom. The Kier molecular flexibility index (Phi) is 3.78. The zero-order valence-corrected chi connectivity index (χ0v) is 11.3. The van der Waals surface area contributed by atoms with E-state index in [0.29, 0.717) is 0 Å². The first-order valence-corrected chi connectivity index (χ1v) is 6.59. The fraction of sp³-hybridized carbons (Fsp3) is 0.500. The number of furan rings is 1. The molecule has 92 valence electrons. The van der Waals surface area contributed by atoms with E-state index < -0.39 is 0 Å². The normalized spacial score (nSPS) is 10.8. The largest absolute Gasteiger partial charge is 0.464 e. The van der Waals surface area contributed by atoms with Crippen molar-refractivity contribution in [2.45, 2.75) is 33.2 Å². The van der Waals surface area contributed by atoms with Crippen molar-refractivity contribution in [2.75, 3.05) is 11.9 Å². The number of hydrogen-bond acceptors (Lipinski definition) is 5. The van der Waals surface area contributed by atoms with Crippen LogP contribution in [0.4, 0.5) is 5.13 Å². The number of hydrogen-bond donors (Lipinski definition) is 0. The number of aryl methyl sites for hydroxylation is 2. The molecule has 0 aliphatic carbocycles. The molecule has 0 amide bonds. The minimum atomic E-state index is 0.731. The molecule has 0 aromatic carbocycles. The van der Waals surface area contributed by atoms with Gasteiger partial charge < -0.3 is 9.32 Å². The molecule has 0 unspecified atom stereocenters. The van der Waals surface area contributed by atoms with Gasteiger partial charge in [-0.3, -0.25) is 0 Å². The molecule has 0 saturated carbocycles. The molecule has 4 nitrogen and oxygen atoms in total. The van der Waals surface area contributed by atoms with Gasteiger partial charge in [0.05, 0.1) is 6.54 Å². The summed E-state index contributed by atoms with van der Waals surface area (Å²) < 4.78 is 5.54. The van der Waals surface area contributed by atoms with Gasteiger partial charge in [0.1, 0.15) is 16.5 Å². The lowest BCUT2D eigenvalue weighted by atomic mass is 10.4. The van der Waals surface area contributed by atoms with Crippen LogP contribution in [-0.4, -0.2) is 17.2 Å². The Morgan fingerprint density at radius 3 is 2.82 bits per heavy atom. The van der Waals surface area contributed by atoms with Crippen LogP contribution in [0.3, 0.4) is 0 Å². The third-order valence-electron chi connectivity index (χ3n) is 2.44.